The molecule has 0 aliphatic carbocycles. The van der Waals surface area contributed by atoms with Crippen LogP contribution in [-0.4, -0.2) is 72.2 Å². The van der Waals surface area contributed by atoms with Gasteiger partial charge in [-0.05, 0) is 20.8 Å². The fraction of sp³-hybridized carbons (Fsp3) is 0.733. The Hall–Kier alpha value is -1.40. The normalized spacial score (nSPS) is 11.0. The Labute approximate surface area is 126 Å². The summed E-state index contributed by atoms with van der Waals surface area (Å²) in [7, 11) is 0. The minimum absolute atomic E-state index is 0.0106. The molecular weight excluding hydrogens is 272 g/mol. The van der Waals surface area contributed by atoms with E-state index in [9.17, 15) is 19.2 Å². The van der Waals surface area contributed by atoms with Gasteiger partial charge >= 0.3 is 0 Å². The van der Waals surface area contributed by atoms with E-state index < -0.39 is 0 Å². The number of carbonyl (C=O) groups excluding carboxylic acids is 4. The average Bonchev–Trinajstić information content (AvgIpc) is 2.33. The van der Waals surface area contributed by atoms with Crippen molar-refractivity contribution in [2.75, 3.05) is 39.3 Å². The summed E-state index contributed by atoms with van der Waals surface area (Å²) in [6.07, 6.45) is 0.430. The number of nitrogens with zero attached hydrogens (tertiary/aromatic N) is 2. The summed E-state index contributed by atoms with van der Waals surface area (Å²) in [5.41, 5.74) is 0. The maximum absolute atomic E-state index is 11.5. The van der Waals surface area contributed by atoms with Crippen molar-refractivity contribution in [3.8, 4) is 0 Å². The first-order valence-electron chi connectivity index (χ1n) is 7.19. The molecule has 0 heterocycles. The number of hydrogen-bond donors (Lipinski definition) is 0. The molecule has 0 fully saturated rings. The number of ketones is 4. The van der Waals surface area contributed by atoms with Crippen molar-refractivity contribution in [2.45, 2.75) is 34.1 Å². The summed E-state index contributed by atoms with van der Waals surface area (Å²) in [5, 5.41) is 0. The Kier molecular flexibility index (Phi) is 9.65. The summed E-state index contributed by atoms with van der Waals surface area (Å²) in [5.74, 6) is 0.0301. The molecule has 0 N–H and O–H groups in total. The minimum Gasteiger partial charge on any atom is -0.299 e. The van der Waals surface area contributed by atoms with Crippen molar-refractivity contribution in [2.24, 2.45) is 0 Å². The van der Waals surface area contributed by atoms with E-state index in [1.165, 1.54) is 20.8 Å². The lowest BCUT2D eigenvalue weighted by Crippen LogP contribution is -2.42. The number of rotatable bonds is 12. The lowest BCUT2D eigenvalue weighted by molar-refractivity contribution is -0.124. The molecule has 21 heavy (non-hydrogen) atoms. The lowest BCUT2D eigenvalue weighted by Gasteiger charge is -2.25. The van der Waals surface area contributed by atoms with E-state index >= 15 is 0 Å². The van der Waals surface area contributed by atoms with Gasteiger partial charge in [0.2, 0.25) is 0 Å². The van der Waals surface area contributed by atoms with E-state index in [2.05, 4.69) is 0 Å². The molecule has 0 bridgehead atoms. The van der Waals surface area contributed by atoms with E-state index in [0.717, 1.165) is 0 Å². The Morgan fingerprint density at radius 1 is 0.667 bits per heavy atom. The molecule has 6 nitrogen and oxygen atoms in total. The monoisotopic (exact) mass is 298 g/mol. The molecule has 0 saturated heterocycles. The highest BCUT2D eigenvalue weighted by Gasteiger charge is 2.15. The molecule has 0 aromatic carbocycles. The van der Waals surface area contributed by atoms with Crippen molar-refractivity contribution in [1.29, 1.82) is 0 Å². The maximum atomic E-state index is 11.5. The number of Topliss-reactive ketones (excluding diaryl/α,β-unsaturated/α-hetero) is 4. The molecule has 120 valence electrons. The highest BCUT2D eigenvalue weighted by molar-refractivity contribution is 5.82. The molecule has 0 atom stereocenters. The third-order valence-corrected chi connectivity index (χ3v) is 2.87. The van der Waals surface area contributed by atoms with Crippen molar-refractivity contribution in [3.63, 3.8) is 0 Å². The first-order chi connectivity index (χ1) is 9.74. The molecule has 0 unspecified atom stereocenters. The van der Waals surface area contributed by atoms with Gasteiger partial charge < -0.3 is 0 Å². The molecule has 0 saturated carbocycles. The highest BCUT2D eigenvalue weighted by Crippen LogP contribution is 1.97. The highest BCUT2D eigenvalue weighted by atomic mass is 16.1. The SMILES string of the molecule is CCC(=O)CN(CCN(CC(C)=O)CC(C)=O)CC(C)=O. The van der Waals surface area contributed by atoms with Gasteiger partial charge in [-0.25, -0.2) is 0 Å². The summed E-state index contributed by atoms with van der Waals surface area (Å²) in [6, 6.07) is 0. The molecule has 0 amide bonds. The smallest absolute Gasteiger partial charge is 0.146 e. The van der Waals surface area contributed by atoms with Crippen molar-refractivity contribution >= 4 is 23.1 Å². The Bertz CT molecular complexity index is 377. The molecule has 0 radical (unpaired) electrons. The van der Waals surface area contributed by atoms with Crippen molar-refractivity contribution in [3.05, 3.63) is 0 Å². The molecule has 0 aromatic rings. The molecule has 0 aliphatic heterocycles. The Morgan fingerprint density at radius 2 is 1.00 bits per heavy atom. The third-order valence-electron chi connectivity index (χ3n) is 2.87. The van der Waals surface area contributed by atoms with Crippen LogP contribution in [0.3, 0.4) is 0 Å². The third kappa shape index (κ3) is 11.0. The fourth-order valence-electron chi connectivity index (χ4n) is 2.02. The summed E-state index contributed by atoms with van der Waals surface area (Å²) < 4.78 is 0. The zero-order chi connectivity index (χ0) is 16.4. The second-order valence-electron chi connectivity index (χ2n) is 5.42. The van der Waals surface area contributed by atoms with E-state index in [-0.39, 0.29) is 49.3 Å². The standard InChI is InChI=1S/C15H26N2O4/c1-5-15(21)11-17(10-14(4)20)7-6-16(8-12(2)18)9-13(3)19/h5-11H2,1-4H3. The topological polar surface area (TPSA) is 74.8 Å². The summed E-state index contributed by atoms with van der Waals surface area (Å²) in [6.45, 7) is 8.00. The molecule has 0 aromatic heterocycles. The van der Waals surface area contributed by atoms with E-state index in [4.69, 9.17) is 0 Å². The Balaban J connectivity index is 4.56. The molecule has 0 rings (SSSR count). The Morgan fingerprint density at radius 3 is 1.29 bits per heavy atom. The second-order valence-corrected chi connectivity index (χ2v) is 5.42. The van der Waals surface area contributed by atoms with Crippen LogP contribution in [0.25, 0.3) is 0 Å². The van der Waals surface area contributed by atoms with Crippen molar-refractivity contribution < 1.29 is 19.2 Å². The van der Waals surface area contributed by atoms with Crippen LogP contribution >= 0.6 is 0 Å². The van der Waals surface area contributed by atoms with Gasteiger partial charge in [-0.2, -0.15) is 0 Å². The van der Waals surface area contributed by atoms with Crippen LogP contribution in [-0.2, 0) is 19.2 Å². The van der Waals surface area contributed by atoms with Crippen LogP contribution in [0.2, 0.25) is 0 Å². The van der Waals surface area contributed by atoms with E-state index in [1.54, 1.807) is 16.7 Å². The van der Waals surface area contributed by atoms with Gasteiger partial charge in [-0.3, -0.25) is 29.0 Å². The molecular formula is C15H26N2O4. The summed E-state index contributed by atoms with van der Waals surface area (Å²) in [4.78, 5) is 48.7. The molecule has 0 aliphatic rings. The van der Waals surface area contributed by atoms with Crippen LogP contribution < -0.4 is 0 Å². The number of carbonyl (C=O) groups is 4. The minimum atomic E-state index is -0.0148. The zero-order valence-corrected chi connectivity index (χ0v) is 13.5. The fourth-order valence-corrected chi connectivity index (χ4v) is 2.02. The van der Waals surface area contributed by atoms with E-state index in [0.29, 0.717) is 19.5 Å². The van der Waals surface area contributed by atoms with Crippen LogP contribution in [0, 0.1) is 0 Å². The van der Waals surface area contributed by atoms with Gasteiger partial charge in [0.05, 0.1) is 26.2 Å². The van der Waals surface area contributed by atoms with Crippen molar-refractivity contribution in [1.82, 2.24) is 9.80 Å². The predicted octanol–water partition coefficient (Wildman–Crippen LogP) is 0.337. The first-order valence-corrected chi connectivity index (χ1v) is 7.19. The van der Waals surface area contributed by atoms with Crippen LogP contribution in [0.1, 0.15) is 34.1 Å². The maximum Gasteiger partial charge on any atom is 0.146 e. The second kappa shape index (κ2) is 10.3. The van der Waals surface area contributed by atoms with Crippen LogP contribution in [0.15, 0.2) is 0 Å². The van der Waals surface area contributed by atoms with E-state index in [1.807, 2.05) is 0 Å². The van der Waals surface area contributed by atoms with Crippen LogP contribution in [0.4, 0.5) is 0 Å². The zero-order valence-electron chi connectivity index (χ0n) is 13.5. The van der Waals surface area contributed by atoms with Crippen LogP contribution in [0.5, 0.6) is 0 Å². The molecule has 6 heteroatoms. The van der Waals surface area contributed by atoms with Gasteiger partial charge in [-0.15, -0.1) is 0 Å². The van der Waals surface area contributed by atoms with Gasteiger partial charge in [0.25, 0.3) is 0 Å². The lowest BCUT2D eigenvalue weighted by atomic mass is 10.2. The molecule has 0 spiro atoms. The van der Waals surface area contributed by atoms with Gasteiger partial charge in [0.15, 0.2) is 0 Å². The predicted molar refractivity (Wildman–Crippen MR) is 80.2 cm³/mol. The quantitative estimate of drug-likeness (QED) is 0.517. The number of hydrogen-bond acceptors (Lipinski definition) is 6. The van der Waals surface area contributed by atoms with Gasteiger partial charge in [-0.1, -0.05) is 6.92 Å². The van der Waals surface area contributed by atoms with Gasteiger partial charge in [0.1, 0.15) is 23.1 Å². The average molecular weight is 298 g/mol. The summed E-state index contributed by atoms with van der Waals surface area (Å²) >= 11 is 0. The van der Waals surface area contributed by atoms with Gasteiger partial charge in [0, 0.05) is 19.5 Å². The first kappa shape index (κ1) is 19.6. The largest absolute Gasteiger partial charge is 0.299 e.